The van der Waals surface area contributed by atoms with Gasteiger partial charge in [0.05, 0.1) is 11.3 Å². The van der Waals surface area contributed by atoms with Crippen molar-refractivity contribution >= 4 is 29.2 Å². The maximum Gasteiger partial charge on any atom is 0.416 e. The molecule has 26 heavy (non-hydrogen) atoms. The molecule has 5 nitrogen and oxygen atoms in total. The largest absolute Gasteiger partial charge is 0.416 e. The Balaban J connectivity index is 1.57. The lowest BCUT2D eigenvalue weighted by atomic mass is 10.2. The summed E-state index contributed by atoms with van der Waals surface area (Å²) in [6.45, 7) is 1.91. The molecule has 1 amide bonds. The summed E-state index contributed by atoms with van der Waals surface area (Å²) in [6.07, 6.45) is -0.537. The average molecular weight is 382 g/mol. The summed E-state index contributed by atoms with van der Waals surface area (Å²) in [5.41, 5.74) is -0.693. The van der Waals surface area contributed by atoms with Crippen molar-refractivity contribution in [1.82, 2.24) is 9.97 Å². The fraction of sp³-hybridized carbons (Fsp3) is 0.353. The van der Waals surface area contributed by atoms with E-state index in [1.165, 1.54) is 12.1 Å². The smallest absolute Gasteiger partial charge is 0.356 e. The molecule has 9 heteroatoms. The van der Waals surface area contributed by atoms with Crippen LogP contribution in [0.5, 0.6) is 0 Å². The Kier molecular flexibility index (Phi) is 5.65. The van der Waals surface area contributed by atoms with Gasteiger partial charge in [0.25, 0.3) is 0 Å². The van der Waals surface area contributed by atoms with E-state index in [1.54, 1.807) is 6.20 Å². The maximum atomic E-state index is 12.7. The number of benzene rings is 1. The Bertz CT molecular complexity index is 779. The van der Waals surface area contributed by atoms with Crippen molar-refractivity contribution < 1.29 is 18.0 Å². The van der Waals surface area contributed by atoms with Gasteiger partial charge in [-0.15, -0.1) is 0 Å². The molecule has 0 atom stereocenters. The zero-order valence-corrected chi connectivity index (χ0v) is 14.6. The van der Waals surface area contributed by atoms with Crippen molar-refractivity contribution in [2.45, 2.75) is 24.2 Å². The summed E-state index contributed by atoms with van der Waals surface area (Å²) >= 11 is 1.15. The lowest BCUT2D eigenvalue weighted by Crippen LogP contribution is -2.19. The van der Waals surface area contributed by atoms with Crippen LogP contribution in [0.25, 0.3) is 0 Å². The zero-order valence-electron chi connectivity index (χ0n) is 13.8. The van der Waals surface area contributed by atoms with E-state index in [-0.39, 0.29) is 11.4 Å². The van der Waals surface area contributed by atoms with E-state index in [9.17, 15) is 18.0 Å². The number of amides is 1. The van der Waals surface area contributed by atoms with Crippen LogP contribution in [-0.2, 0) is 11.0 Å². The van der Waals surface area contributed by atoms with E-state index < -0.39 is 17.6 Å². The van der Waals surface area contributed by atoms with Gasteiger partial charge < -0.3 is 10.2 Å². The van der Waals surface area contributed by atoms with Crippen LogP contribution in [0.15, 0.2) is 41.7 Å². The molecule has 2 heterocycles. The Morgan fingerprint density at radius 2 is 2.00 bits per heavy atom. The number of halogens is 3. The highest BCUT2D eigenvalue weighted by Gasteiger charge is 2.30. The predicted octanol–water partition coefficient (Wildman–Crippen LogP) is 3.83. The Morgan fingerprint density at radius 1 is 1.23 bits per heavy atom. The fourth-order valence-corrected chi connectivity index (χ4v) is 3.25. The first-order chi connectivity index (χ1) is 12.4. The van der Waals surface area contributed by atoms with Crippen molar-refractivity contribution in [1.29, 1.82) is 0 Å². The fourth-order valence-electron chi connectivity index (χ4n) is 2.62. The molecule has 1 aliphatic heterocycles. The van der Waals surface area contributed by atoms with Crippen LogP contribution < -0.4 is 10.2 Å². The number of aromatic nitrogens is 2. The molecule has 1 aliphatic rings. The SMILES string of the molecule is O=C(CSc1nccc(N2CCCC2)n1)Nc1cccc(C(F)(F)F)c1. The van der Waals surface area contributed by atoms with Gasteiger partial charge in [0.15, 0.2) is 5.16 Å². The van der Waals surface area contributed by atoms with Crippen LogP contribution in [0, 0.1) is 0 Å². The monoisotopic (exact) mass is 382 g/mol. The van der Waals surface area contributed by atoms with Gasteiger partial charge in [0, 0.05) is 25.0 Å². The number of carbonyl (C=O) groups is 1. The topological polar surface area (TPSA) is 58.1 Å². The van der Waals surface area contributed by atoms with E-state index in [4.69, 9.17) is 0 Å². The van der Waals surface area contributed by atoms with Crippen molar-refractivity contribution in [2.75, 3.05) is 29.1 Å². The molecule has 1 aromatic carbocycles. The Morgan fingerprint density at radius 3 is 2.73 bits per heavy atom. The zero-order chi connectivity index (χ0) is 18.6. The van der Waals surface area contributed by atoms with Crippen LogP contribution in [0.2, 0.25) is 0 Å². The summed E-state index contributed by atoms with van der Waals surface area (Å²) < 4.78 is 38.1. The van der Waals surface area contributed by atoms with Crippen molar-refractivity contribution in [2.24, 2.45) is 0 Å². The second-order valence-electron chi connectivity index (χ2n) is 5.81. The number of carbonyl (C=O) groups excluding carboxylic acids is 1. The second-order valence-corrected chi connectivity index (χ2v) is 6.75. The van der Waals surface area contributed by atoms with Crippen molar-refractivity contribution in [3.8, 4) is 0 Å². The van der Waals surface area contributed by atoms with Crippen LogP contribution in [0.3, 0.4) is 0 Å². The molecule has 0 bridgehead atoms. The van der Waals surface area contributed by atoms with E-state index >= 15 is 0 Å². The highest BCUT2D eigenvalue weighted by Crippen LogP contribution is 2.30. The number of nitrogens with zero attached hydrogens (tertiary/aromatic N) is 3. The highest BCUT2D eigenvalue weighted by atomic mass is 32.2. The lowest BCUT2D eigenvalue weighted by molar-refractivity contribution is -0.137. The number of nitrogens with one attached hydrogen (secondary N) is 1. The minimum absolute atomic E-state index is 0.0136. The number of hydrogen-bond donors (Lipinski definition) is 1. The molecule has 0 aliphatic carbocycles. The maximum absolute atomic E-state index is 12.7. The van der Waals surface area contributed by atoms with E-state index in [2.05, 4.69) is 20.2 Å². The van der Waals surface area contributed by atoms with E-state index in [0.29, 0.717) is 5.16 Å². The van der Waals surface area contributed by atoms with Crippen LogP contribution in [-0.4, -0.2) is 34.7 Å². The molecule has 1 saturated heterocycles. The number of alkyl halides is 3. The van der Waals surface area contributed by atoms with Gasteiger partial charge in [-0.2, -0.15) is 13.2 Å². The lowest BCUT2D eigenvalue weighted by Gasteiger charge is -2.16. The first kappa shape index (κ1) is 18.5. The number of rotatable bonds is 5. The predicted molar refractivity (Wildman–Crippen MR) is 94.3 cm³/mol. The molecule has 2 aromatic rings. The molecule has 1 aromatic heterocycles. The van der Waals surface area contributed by atoms with Crippen molar-refractivity contribution in [3.63, 3.8) is 0 Å². The minimum atomic E-state index is -4.45. The summed E-state index contributed by atoms with van der Waals surface area (Å²) in [7, 11) is 0. The molecule has 0 unspecified atom stereocenters. The quantitative estimate of drug-likeness (QED) is 0.629. The number of hydrogen-bond acceptors (Lipinski definition) is 5. The van der Waals surface area contributed by atoms with Gasteiger partial charge in [-0.05, 0) is 37.1 Å². The number of anilines is 2. The van der Waals surface area contributed by atoms with Gasteiger partial charge in [0.2, 0.25) is 5.91 Å². The normalized spacial score (nSPS) is 14.5. The molecule has 0 spiro atoms. The van der Waals surface area contributed by atoms with Gasteiger partial charge in [-0.3, -0.25) is 4.79 Å². The van der Waals surface area contributed by atoms with Crippen LogP contribution in [0.1, 0.15) is 18.4 Å². The van der Waals surface area contributed by atoms with Gasteiger partial charge >= 0.3 is 6.18 Å². The third-order valence-corrected chi connectivity index (χ3v) is 4.72. The third kappa shape index (κ3) is 4.87. The van der Waals surface area contributed by atoms with E-state index in [0.717, 1.165) is 55.6 Å². The van der Waals surface area contributed by atoms with E-state index in [1.807, 2.05) is 6.07 Å². The Hall–Kier alpha value is -2.29. The summed E-state index contributed by atoms with van der Waals surface area (Å²) in [4.78, 5) is 22.7. The molecular formula is C17H17F3N4OS. The number of thioether (sulfide) groups is 1. The molecule has 0 saturated carbocycles. The first-order valence-electron chi connectivity index (χ1n) is 8.10. The minimum Gasteiger partial charge on any atom is -0.356 e. The summed E-state index contributed by atoms with van der Waals surface area (Å²) in [5.74, 6) is 0.433. The van der Waals surface area contributed by atoms with Crippen molar-refractivity contribution in [3.05, 3.63) is 42.1 Å². The summed E-state index contributed by atoms with van der Waals surface area (Å²) in [6, 6.07) is 6.38. The molecular weight excluding hydrogens is 365 g/mol. The van der Waals surface area contributed by atoms with Gasteiger partial charge in [-0.25, -0.2) is 9.97 Å². The molecule has 1 N–H and O–H groups in total. The standard InChI is InChI=1S/C17H17F3N4OS/c18-17(19,20)12-4-3-5-13(10-12)22-15(25)11-26-16-21-7-6-14(23-16)24-8-1-2-9-24/h3-7,10H,1-2,8-9,11H2,(H,22,25). The first-order valence-corrected chi connectivity index (χ1v) is 9.08. The summed E-state index contributed by atoms with van der Waals surface area (Å²) in [5, 5.41) is 2.93. The molecule has 3 rings (SSSR count). The molecule has 0 radical (unpaired) electrons. The molecule has 1 fully saturated rings. The van der Waals surface area contributed by atoms with Gasteiger partial charge in [0.1, 0.15) is 5.82 Å². The van der Waals surface area contributed by atoms with Crippen LogP contribution >= 0.6 is 11.8 Å². The second kappa shape index (κ2) is 7.94. The molecule has 138 valence electrons. The average Bonchev–Trinajstić information content (AvgIpc) is 3.14. The van der Waals surface area contributed by atoms with Crippen LogP contribution in [0.4, 0.5) is 24.7 Å². The van der Waals surface area contributed by atoms with Gasteiger partial charge in [-0.1, -0.05) is 17.8 Å². The Labute approximate surface area is 153 Å². The third-order valence-electron chi connectivity index (χ3n) is 3.85. The highest BCUT2D eigenvalue weighted by molar-refractivity contribution is 7.99.